The number of likely N-dealkylation sites (tertiary alicyclic amines) is 1. The highest BCUT2D eigenvalue weighted by atomic mass is 16.4. The Kier molecular flexibility index (Phi) is 5.22. The van der Waals surface area contributed by atoms with Gasteiger partial charge in [-0.25, -0.2) is 9.97 Å². The van der Waals surface area contributed by atoms with E-state index in [1.165, 1.54) is 0 Å². The Balaban J connectivity index is 1.53. The van der Waals surface area contributed by atoms with Crippen LogP contribution in [0.1, 0.15) is 37.2 Å². The van der Waals surface area contributed by atoms with Gasteiger partial charge in [-0.05, 0) is 43.8 Å². The number of carboxylic acids is 1. The minimum Gasteiger partial charge on any atom is -0.480 e. The van der Waals surface area contributed by atoms with Gasteiger partial charge in [0.15, 0.2) is 0 Å². The van der Waals surface area contributed by atoms with Crippen molar-refractivity contribution >= 4 is 23.7 Å². The number of aliphatic carboxylic acids is 1. The van der Waals surface area contributed by atoms with Gasteiger partial charge in [0.25, 0.3) is 0 Å². The zero-order chi connectivity index (χ0) is 17.8. The second-order valence-corrected chi connectivity index (χ2v) is 6.43. The van der Waals surface area contributed by atoms with Crippen molar-refractivity contribution in [2.24, 2.45) is 0 Å². The van der Waals surface area contributed by atoms with Crippen LogP contribution in [0.25, 0.3) is 0 Å². The average Bonchev–Trinajstić information content (AvgIpc) is 2.58. The van der Waals surface area contributed by atoms with E-state index in [4.69, 9.17) is 5.11 Å². The molecule has 9 heteroatoms. The number of carbonyl (C=O) groups is 3. The zero-order valence-corrected chi connectivity index (χ0v) is 13.8. The molecular weight excluding hydrogens is 326 g/mol. The number of aromatic nitrogens is 2. The maximum absolute atomic E-state index is 11.7. The van der Waals surface area contributed by atoms with Gasteiger partial charge in [-0.1, -0.05) is 0 Å². The fourth-order valence-electron chi connectivity index (χ4n) is 3.23. The number of carboxylic acid groups (broad SMARTS) is 1. The second-order valence-electron chi connectivity index (χ2n) is 6.43. The first kappa shape index (κ1) is 17.3. The Bertz CT molecular complexity index is 655. The first-order valence-electron chi connectivity index (χ1n) is 8.37. The van der Waals surface area contributed by atoms with E-state index in [9.17, 15) is 14.4 Å². The summed E-state index contributed by atoms with van der Waals surface area (Å²) in [5, 5.41) is 14.1. The summed E-state index contributed by atoms with van der Waals surface area (Å²) in [4.78, 5) is 44.1. The zero-order valence-electron chi connectivity index (χ0n) is 13.8. The molecule has 2 aliphatic rings. The van der Waals surface area contributed by atoms with Gasteiger partial charge in [-0.2, -0.15) is 0 Å². The highest BCUT2D eigenvalue weighted by molar-refractivity contribution is 6.01. The molecule has 0 aliphatic carbocycles. The third-order valence-corrected chi connectivity index (χ3v) is 4.63. The van der Waals surface area contributed by atoms with Gasteiger partial charge in [0.05, 0.1) is 6.54 Å². The normalized spacial score (nSPS) is 22.5. The lowest BCUT2D eigenvalue weighted by Gasteiger charge is -2.30. The summed E-state index contributed by atoms with van der Waals surface area (Å²) in [6.07, 6.45) is 5.97. The monoisotopic (exact) mass is 347 g/mol. The Morgan fingerprint density at radius 3 is 2.52 bits per heavy atom. The molecule has 2 fully saturated rings. The molecule has 25 heavy (non-hydrogen) atoms. The molecule has 2 saturated heterocycles. The number of nitrogens with one attached hydrogen (secondary N) is 2. The van der Waals surface area contributed by atoms with Gasteiger partial charge >= 0.3 is 5.97 Å². The topological polar surface area (TPSA) is 125 Å². The van der Waals surface area contributed by atoms with Gasteiger partial charge in [0.2, 0.25) is 17.8 Å². The van der Waals surface area contributed by atoms with Crippen molar-refractivity contribution in [2.45, 2.75) is 37.6 Å². The number of rotatable bonds is 5. The number of anilines is 1. The summed E-state index contributed by atoms with van der Waals surface area (Å²) < 4.78 is 0. The molecule has 0 spiro atoms. The molecule has 0 aromatic carbocycles. The van der Waals surface area contributed by atoms with E-state index >= 15 is 0 Å². The van der Waals surface area contributed by atoms with E-state index in [2.05, 4.69) is 20.6 Å². The van der Waals surface area contributed by atoms with E-state index in [0.29, 0.717) is 24.7 Å². The summed E-state index contributed by atoms with van der Waals surface area (Å²) in [5.41, 5.74) is 1.02. The molecule has 2 aliphatic heterocycles. The van der Waals surface area contributed by atoms with E-state index in [1.54, 1.807) is 12.4 Å². The smallest absolute Gasteiger partial charge is 0.317 e. The molecule has 3 N–H and O–H groups in total. The molecule has 0 saturated carbocycles. The lowest BCUT2D eigenvalue weighted by Crippen LogP contribution is -2.47. The lowest BCUT2D eigenvalue weighted by atomic mass is 9.91. The van der Waals surface area contributed by atoms with E-state index in [1.807, 2.05) is 4.90 Å². The van der Waals surface area contributed by atoms with Crippen LogP contribution in [0.4, 0.5) is 5.95 Å². The van der Waals surface area contributed by atoms with Crippen molar-refractivity contribution in [2.75, 3.05) is 25.0 Å². The lowest BCUT2D eigenvalue weighted by molar-refractivity contribution is -0.138. The number of imide groups is 1. The molecule has 1 unspecified atom stereocenters. The van der Waals surface area contributed by atoms with Crippen LogP contribution in [0.15, 0.2) is 12.4 Å². The first-order chi connectivity index (χ1) is 12.0. The number of hydrogen-bond acceptors (Lipinski definition) is 7. The molecule has 3 heterocycles. The molecule has 9 nitrogen and oxygen atoms in total. The van der Waals surface area contributed by atoms with Crippen molar-refractivity contribution in [3.63, 3.8) is 0 Å². The van der Waals surface area contributed by atoms with Crippen LogP contribution in [0, 0.1) is 0 Å². The number of hydrogen-bond donors (Lipinski definition) is 3. The predicted octanol–water partition coefficient (Wildman–Crippen LogP) is -0.0423. The third kappa shape index (κ3) is 4.50. The Labute approximate surface area is 144 Å². The van der Waals surface area contributed by atoms with Crippen LogP contribution in [0.2, 0.25) is 0 Å². The largest absolute Gasteiger partial charge is 0.480 e. The van der Waals surface area contributed by atoms with Crippen LogP contribution in [-0.4, -0.2) is 63.4 Å². The summed E-state index contributed by atoms with van der Waals surface area (Å²) in [6.45, 7) is 1.57. The molecule has 2 amide bonds. The molecular formula is C16H21N5O4. The quantitative estimate of drug-likeness (QED) is 0.634. The fourth-order valence-corrected chi connectivity index (χ4v) is 3.23. The van der Waals surface area contributed by atoms with Gasteiger partial charge in [-0.15, -0.1) is 0 Å². The molecule has 134 valence electrons. The van der Waals surface area contributed by atoms with Crippen molar-refractivity contribution < 1.29 is 19.5 Å². The van der Waals surface area contributed by atoms with Crippen molar-refractivity contribution in [1.82, 2.24) is 20.2 Å². The van der Waals surface area contributed by atoms with Crippen LogP contribution >= 0.6 is 0 Å². The minimum absolute atomic E-state index is 0.0814. The highest BCUT2D eigenvalue weighted by Crippen LogP contribution is 2.27. The first-order valence-corrected chi connectivity index (χ1v) is 8.37. The van der Waals surface area contributed by atoms with Gasteiger partial charge in [0.1, 0.15) is 6.04 Å². The Morgan fingerprint density at radius 2 is 1.92 bits per heavy atom. The Morgan fingerprint density at radius 1 is 1.24 bits per heavy atom. The van der Waals surface area contributed by atoms with Gasteiger partial charge in [0, 0.05) is 18.8 Å². The number of carbonyl (C=O) groups excluding carboxylic acids is 2. The molecule has 1 atom stereocenters. The maximum atomic E-state index is 11.7. The summed E-state index contributed by atoms with van der Waals surface area (Å²) in [7, 11) is 0. The second kappa shape index (κ2) is 7.56. The molecule has 1 aromatic heterocycles. The molecule has 0 bridgehead atoms. The molecule has 3 rings (SSSR count). The third-order valence-electron chi connectivity index (χ3n) is 4.63. The SMILES string of the molecule is O=C(O)CN1CCC(c2cnc(NC3CCC(=O)NC3=O)nc2)CC1. The molecule has 0 radical (unpaired) electrons. The van der Waals surface area contributed by atoms with Gasteiger partial charge in [-0.3, -0.25) is 24.6 Å². The highest BCUT2D eigenvalue weighted by Gasteiger charge is 2.27. The average molecular weight is 347 g/mol. The summed E-state index contributed by atoms with van der Waals surface area (Å²) in [6, 6.07) is -0.497. The maximum Gasteiger partial charge on any atom is 0.317 e. The fraction of sp³-hybridized carbons (Fsp3) is 0.562. The van der Waals surface area contributed by atoms with E-state index in [0.717, 1.165) is 31.5 Å². The summed E-state index contributed by atoms with van der Waals surface area (Å²) in [5.74, 6) is -0.731. The summed E-state index contributed by atoms with van der Waals surface area (Å²) >= 11 is 0. The van der Waals surface area contributed by atoms with Crippen molar-refractivity contribution in [1.29, 1.82) is 0 Å². The van der Waals surface area contributed by atoms with Crippen LogP contribution in [-0.2, 0) is 14.4 Å². The van der Waals surface area contributed by atoms with Crippen molar-refractivity contribution in [3.05, 3.63) is 18.0 Å². The number of amides is 2. The van der Waals surface area contributed by atoms with Crippen LogP contribution < -0.4 is 10.6 Å². The number of nitrogens with zero attached hydrogens (tertiary/aromatic N) is 3. The van der Waals surface area contributed by atoms with Crippen LogP contribution in [0.3, 0.4) is 0 Å². The van der Waals surface area contributed by atoms with Gasteiger partial charge < -0.3 is 10.4 Å². The molecule has 1 aromatic rings. The minimum atomic E-state index is -0.800. The predicted molar refractivity (Wildman–Crippen MR) is 87.9 cm³/mol. The number of piperidine rings is 2. The van der Waals surface area contributed by atoms with Crippen LogP contribution in [0.5, 0.6) is 0 Å². The standard InChI is InChI=1S/C16H21N5O4/c22-13-2-1-12(15(25)20-13)19-16-17-7-11(8-18-16)10-3-5-21(6-4-10)9-14(23)24/h7-8,10,12H,1-6,9H2,(H,23,24)(H,17,18,19)(H,20,22,25). The van der Waals surface area contributed by atoms with E-state index < -0.39 is 12.0 Å². The van der Waals surface area contributed by atoms with E-state index in [-0.39, 0.29) is 18.4 Å². The Hall–Kier alpha value is -2.55. The van der Waals surface area contributed by atoms with Crippen molar-refractivity contribution in [3.8, 4) is 0 Å².